The summed E-state index contributed by atoms with van der Waals surface area (Å²) in [5, 5.41) is 8.17. The Bertz CT molecular complexity index is 145. The first-order chi connectivity index (χ1) is 4.12. The van der Waals surface area contributed by atoms with Gasteiger partial charge in [0.25, 0.3) is 10.1 Å². The third kappa shape index (κ3) is 6.98. The van der Waals surface area contributed by atoms with Gasteiger partial charge in [-0.3, -0.25) is 4.18 Å². The van der Waals surface area contributed by atoms with Crippen molar-refractivity contribution in [1.29, 1.82) is 0 Å². The number of hydrogen-bond acceptors (Lipinski definition) is 4. The van der Waals surface area contributed by atoms with Crippen LogP contribution in [0.25, 0.3) is 0 Å². The Morgan fingerprint density at radius 3 is 2.40 bits per heavy atom. The Balaban J connectivity index is -0.000000320. The number of rotatable bonds is 4. The van der Waals surface area contributed by atoms with Crippen LogP contribution in [-0.4, -0.2) is 32.5 Å². The van der Waals surface area contributed by atoms with Crippen molar-refractivity contribution in [1.82, 2.24) is 0 Å². The smallest absolute Gasteiger partial charge is 1.00 e. The first kappa shape index (κ1) is 13.5. The zero-order valence-electron chi connectivity index (χ0n) is 7.20. The quantitative estimate of drug-likeness (QED) is 0.358. The summed E-state index contributed by atoms with van der Waals surface area (Å²) in [6, 6.07) is 0. The van der Waals surface area contributed by atoms with Crippen molar-refractivity contribution in [2.45, 2.75) is 6.92 Å². The molecule has 0 fully saturated rings. The van der Waals surface area contributed by atoms with Crippen LogP contribution in [0.15, 0.2) is 0 Å². The number of aliphatic hydroxyl groups is 1. The molecular weight excluding hydrogens is 167 g/mol. The monoisotopic (exact) mass is 178 g/mol. The van der Waals surface area contributed by atoms with Gasteiger partial charge < -0.3 is 6.53 Å². The Morgan fingerprint density at radius 2 is 2.10 bits per heavy atom. The Kier molecular flexibility index (Phi) is 8.85. The molecule has 0 heterocycles. The maximum Gasteiger partial charge on any atom is 1.00 e. The molecule has 0 saturated heterocycles. The summed E-state index contributed by atoms with van der Waals surface area (Å²) in [5.74, 6) is -0.319. The first-order valence-corrected chi connectivity index (χ1v) is 4.18. The summed E-state index contributed by atoms with van der Waals surface area (Å²) in [5.41, 5.74) is 0. The first-order valence-electron chi connectivity index (χ1n) is 2.60. The van der Waals surface area contributed by atoms with E-state index in [-0.39, 0.29) is 50.0 Å². The van der Waals surface area contributed by atoms with Crippen LogP contribution in [0, 0.1) is 0 Å². The van der Waals surface area contributed by atoms with Crippen LogP contribution < -0.4 is 29.6 Å². The SMILES string of the molecule is CCOS(=O)(=O)CCO.[H-].[Na+]. The van der Waals surface area contributed by atoms with Gasteiger partial charge in [-0.15, -0.1) is 0 Å². The van der Waals surface area contributed by atoms with E-state index in [9.17, 15) is 8.42 Å². The van der Waals surface area contributed by atoms with E-state index in [2.05, 4.69) is 4.18 Å². The fourth-order valence-electron chi connectivity index (χ4n) is 0.350. The zero-order chi connectivity index (χ0) is 7.33. The van der Waals surface area contributed by atoms with E-state index in [1.165, 1.54) is 0 Å². The standard InChI is InChI=1S/C4H10O4S.Na.H/c1-2-8-9(6,7)4-3-5;;/h5H,2-4H2,1H3;;/q;+1;-1. The molecular formula is C4H11NaO4S. The summed E-state index contributed by atoms with van der Waals surface area (Å²) < 4.78 is 25.2. The minimum atomic E-state index is -3.43. The summed E-state index contributed by atoms with van der Waals surface area (Å²) in [6.45, 7) is 1.32. The van der Waals surface area contributed by atoms with Gasteiger partial charge in [0.2, 0.25) is 0 Å². The van der Waals surface area contributed by atoms with Crippen LogP contribution in [0.1, 0.15) is 8.35 Å². The van der Waals surface area contributed by atoms with Crippen molar-refractivity contribution in [3.63, 3.8) is 0 Å². The van der Waals surface area contributed by atoms with Crippen molar-refractivity contribution in [3.8, 4) is 0 Å². The molecule has 10 heavy (non-hydrogen) atoms. The molecule has 0 spiro atoms. The van der Waals surface area contributed by atoms with Crippen molar-refractivity contribution in [2.75, 3.05) is 19.0 Å². The molecule has 0 aromatic rings. The molecule has 0 rings (SSSR count). The largest absolute Gasteiger partial charge is 1.00 e. The zero-order valence-corrected chi connectivity index (χ0v) is 9.02. The second kappa shape index (κ2) is 6.57. The van der Waals surface area contributed by atoms with Crippen LogP contribution in [0.4, 0.5) is 0 Å². The molecule has 6 heteroatoms. The Hall–Kier alpha value is 0.870. The minimum Gasteiger partial charge on any atom is -1.00 e. The molecule has 1 N–H and O–H groups in total. The van der Waals surface area contributed by atoms with Crippen LogP contribution in [0.2, 0.25) is 0 Å². The third-order valence-electron chi connectivity index (χ3n) is 0.639. The van der Waals surface area contributed by atoms with Gasteiger partial charge in [-0.2, -0.15) is 8.42 Å². The molecule has 0 atom stereocenters. The van der Waals surface area contributed by atoms with E-state index in [0.717, 1.165) is 0 Å². The van der Waals surface area contributed by atoms with E-state index in [0.29, 0.717) is 0 Å². The van der Waals surface area contributed by atoms with Gasteiger partial charge in [0.1, 0.15) is 0 Å². The van der Waals surface area contributed by atoms with Gasteiger partial charge in [0, 0.05) is 0 Å². The molecule has 0 unspecified atom stereocenters. The molecule has 0 radical (unpaired) electrons. The molecule has 0 aliphatic carbocycles. The third-order valence-corrected chi connectivity index (χ3v) is 1.92. The average molecular weight is 178 g/mol. The fraction of sp³-hybridized carbons (Fsp3) is 1.00. The van der Waals surface area contributed by atoms with E-state index in [4.69, 9.17) is 5.11 Å². The maximum absolute atomic E-state index is 10.4. The second-order valence-electron chi connectivity index (χ2n) is 1.39. The van der Waals surface area contributed by atoms with Gasteiger partial charge in [-0.25, -0.2) is 0 Å². The van der Waals surface area contributed by atoms with Gasteiger partial charge in [-0.05, 0) is 6.92 Å². The van der Waals surface area contributed by atoms with Crippen LogP contribution >= 0.6 is 0 Å². The van der Waals surface area contributed by atoms with Gasteiger partial charge in [0.15, 0.2) is 0 Å². The molecule has 0 aliphatic heterocycles. The average Bonchev–Trinajstić information content (AvgIpc) is 1.64. The number of hydrogen-bond donors (Lipinski definition) is 1. The van der Waals surface area contributed by atoms with Crippen molar-refractivity contribution < 1.29 is 48.7 Å². The molecule has 58 valence electrons. The van der Waals surface area contributed by atoms with Crippen LogP contribution in [-0.2, 0) is 14.3 Å². The van der Waals surface area contributed by atoms with Crippen LogP contribution in [0.5, 0.6) is 0 Å². The Labute approximate surface area is 84.5 Å². The van der Waals surface area contributed by atoms with E-state index < -0.39 is 10.1 Å². The normalized spacial score (nSPS) is 10.6. The van der Waals surface area contributed by atoms with Gasteiger partial charge in [-0.1, -0.05) is 0 Å². The molecule has 0 aromatic heterocycles. The molecule has 0 amide bonds. The summed E-state index contributed by atoms with van der Waals surface area (Å²) >= 11 is 0. The van der Waals surface area contributed by atoms with E-state index >= 15 is 0 Å². The number of aliphatic hydroxyl groups excluding tert-OH is 1. The molecule has 0 aliphatic rings. The maximum atomic E-state index is 10.4. The van der Waals surface area contributed by atoms with Crippen molar-refractivity contribution in [3.05, 3.63) is 0 Å². The Morgan fingerprint density at radius 1 is 1.60 bits per heavy atom. The summed E-state index contributed by atoms with van der Waals surface area (Å²) in [7, 11) is -3.43. The van der Waals surface area contributed by atoms with Gasteiger partial charge in [0.05, 0.1) is 19.0 Å². The molecule has 0 saturated carbocycles. The van der Waals surface area contributed by atoms with Crippen molar-refractivity contribution >= 4 is 10.1 Å². The van der Waals surface area contributed by atoms with E-state index in [1.54, 1.807) is 6.92 Å². The summed E-state index contributed by atoms with van der Waals surface area (Å²) in [4.78, 5) is 0. The fourth-order valence-corrected chi connectivity index (χ4v) is 1.05. The summed E-state index contributed by atoms with van der Waals surface area (Å²) in [6.07, 6.45) is 0. The molecule has 0 bridgehead atoms. The topological polar surface area (TPSA) is 63.6 Å². The van der Waals surface area contributed by atoms with Crippen molar-refractivity contribution in [2.24, 2.45) is 0 Å². The minimum absolute atomic E-state index is 0. The van der Waals surface area contributed by atoms with E-state index in [1.807, 2.05) is 0 Å². The molecule has 4 nitrogen and oxygen atoms in total. The predicted octanol–water partition coefficient (Wildman–Crippen LogP) is -3.54. The van der Waals surface area contributed by atoms with Gasteiger partial charge >= 0.3 is 29.6 Å². The predicted molar refractivity (Wildman–Crippen MR) is 33.6 cm³/mol. The second-order valence-corrected chi connectivity index (χ2v) is 3.15. The molecule has 0 aromatic carbocycles. The van der Waals surface area contributed by atoms with Crippen LogP contribution in [0.3, 0.4) is 0 Å².